The minimum Gasteiger partial charge on any atom is -0.249 e. The number of aromatic nitrogens is 3. The van der Waals surface area contributed by atoms with E-state index in [9.17, 15) is 0 Å². The Bertz CT molecular complexity index is 371. The SMILES string of the molecule is CC(C)C1CCCn2nc(C(C)(C)C)nc21. The first kappa shape index (κ1) is 11.6. The lowest BCUT2D eigenvalue weighted by Crippen LogP contribution is -2.20. The van der Waals surface area contributed by atoms with Gasteiger partial charge < -0.3 is 0 Å². The molecule has 0 fully saturated rings. The second-order valence-electron chi connectivity index (χ2n) is 6.26. The Morgan fingerprint density at radius 1 is 1.31 bits per heavy atom. The second kappa shape index (κ2) is 3.86. The maximum absolute atomic E-state index is 4.78. The summed E-state index contributed by atoms with van der Waals surface area (Å²) in [6.45, 7) is 12.1. The first-order chi connectivity index (χ1) is 7.39. The molecule has 0 N–H and O–H groups in total. The first-order valence-electron chi connectivity index (χ1n) is 6.35. The van der Waals surface area contributed by atoms with Gasteiger partial charge in [0.25, 0.3) is 0 Å². The van der Waals surface area contributed by atoms with Crippen molar-refractivity contribution in [2.24, 2.45) is 5.92 Å². The van der Waals surface area contributed by atoms with Gasteiger partial charge in [0.15, 0.2) is 5.82 Å². The Morgan fingerprint density at radius 3 is 2.56 bits per heavy atom. The molecule has 1 aliphatic rings. The molecule has 3 nitrogen and oxygen atoms in total. The van der Waals surface area contributed by atoms with Crippen molar-refractivity contribution in [2.45, 2.75) is 65.3 Å². The molecule has 1 atom stereocenters. The molecule has 1 unspecified atom stereocenters. The summed E-state index contributed by atoms with van der Waals surface area (Å²) in [6, 6.07) is 0. The van der Waals surface area contributed by atoms with Gasteiger partial charge in [0.1, 0.15) is 5.82 Å². The molecule has 1 aromatic heterocycles. The van der Waals surface area contributed by atoms with E-state index in [0.717, 1.165) is 12.4 Å². The van der Waals surface area contributed by atoms with Gasteiger partial charge in [-0.1, -0.05) is 34.6 Å². The van der Waals surface area contributed by atoms with E-state index < -0.39 is 0 Å². The molecule has 0 bridgehead atoms. The number of hydrogen-bond donors (Lipinski definition) is 0. The van der Waals surface area contributed by atoms with Gasteiger partial charge in [0, 0.05) is 17.9 Å². The highest BCUT2D eigenvalue weighted by Crippen LogP contribution is 2.33. The molecule has 0 radical (unpaired) electrons. The van der Waals surface area contributed by atoms with E-state index in [0.29, 0.717) is 11.8 Å². The number of hydrogen-bond acceptors (Lipinski definition) is 2. The highest BCUT2D eigenvalue weighted by Gasteiger charge is 2.29. The smallest absolute Gasteiger partial charge is 0.156 e. The number of nitrogens with zero attached hydrogens (tertiary/aromatic N) is 3. The third-order valence-corrected chi connectivity index (χ3v) is 3.39. The van der Waals surface area contributed by atoms with Crippen LogP contribution in [0.1, 0.15) is 65.0 Å². The van der Waals surface area contributed by atoms with Crippen LogP contribution in [0.15, 0.2) is 0 Å². The Morgan fingerprint density at radius 2 is 2.00 bits per heavy atom. The van der Waals surface area contributed by atoms with Crippen LogP contribution in [0.4, 0.5) is 0 Å². The number of rotatable bonds is 1. The minimum absolute atomic E-state index is 0.0614. The van der Waals surface area contributed by atoms with E-state index in [1.54, 1.807) is 0 Å². The zero-order valence-corrected chi connectivity index (χ0v) is 11.1. The Labute approximate surface area is 98.3 Å². The van der Waals surface area contributed by atoms with Crippen LogP contribution >= 0.6 is 0 Å². The molecule has 1 aromatic rings. The number of aryl methyl sites for hydroxylation is 1. The van der Waals surface area contributed by atoms with Crippen molar-refractivity contribution < 1.29 is 0 Å². The average molecular weight is 221 g/mol. The minimum atomic E-state index is 0.0614. The van der Waals surface area contributed by atoms with Crippen LogP contribution < -0.4 is 0 Å². The second-order valence-corrected chi connectivity index (χ2v) is 6.26. The van der Waals surface area contributed by atoms with Crippen LogP contribution in [-0.2, 0) is 12.0 Å². The predicted octanol–water partition coefficient (Wildman–Crippen LogP) is 3.11. The fraction of sp³-hybridized carbons (Fsp3) is 0.846. The zero-order chi connectivity index (χ0) is 11.9. The standard InChI is InChI=1S/C13H23N3/c1-9(2)10-7-6-8-16-11(10)14-12(15-16)13(3,4)5/h9-10H,6-8H2,1-5H3. The molecule has 90 valence electrons. The summed E-state index contributed by atoms with van der Waals surface area (Å²) in [6.07, 6.45) is 2.50. The molecule has 0 amide bonds. The molecule has 0 saturated heterocycles. The van der Waals surface area contributed by atoms with Crippen LogP contribution in [0.2, 0.25) is 0 Å². The quantitative estimate of drug-likeness (QED) is 0.729. The van der Waals surface area contributed by atoms with Gasteiger partial charge in [0.2, 0.25) is 0 Å². The maximum atomic E-state index is 4.78. The van der Waals surface area contributed by atoms with Crippen molar-refractivity contribution >= 4 is 0 Å². The molecule has 0 aliphatic carbocycles. The highest BCUT2D eigenvalue weighted by atomic mass is 15.4. The topological polar surface area (TPSA) is 30.7 Å². The van der Waals surface area contributed by atoms with Gasteiger partial charge in [-0.15, -0.1) is 0 Å². The molecule has 2 rings (SSSR count). The molecule has 0 spiro atoms. The van der Waals surface area contributed by atoms with Crippen molar-refractivity contribution in [3.8, 4) is 0 Å². The molecule has 3 heteroatoms. The Balaban J connectivity index is 2.38. The fourth-order valence-electron chi connectivity index (χ4n) is 2.33. The number of fused-ring (bicyclic) bond motifs is 1. The largest absolute Gasteiger partial charge is 0.249 e. The molecule has 2 heterocycles. The van der Waals surface area contributed by atoms with Crippen molar-refractivity contribution in [3.05, 3.63) is 11.6 Å². The van der Waals surface area contributed by atoms with Gasteiger partial charge in [-0.3, -0.25) is 0 Å². The molecule has 0 saturated carbocycles. The summed E-state index contributed by atoms with van der Waals surface area (Å²) in [5, 5.41) is 4.66. The van der Waals surface area contributed by atoms with E-state index in [1.807, 2.05) is 0 Å². The van der Waals surface area contributed by atoms with Crippen molar-refractivity contribution in [1.82, 2.24) is 14.8 Å². The van der Waals surface area contributed by atoms with E-state index in [4.69, 9.17) is 4.98 Å². The fourth-order valence-corrected chi connectivity index (χ4v) is 2.33. The molecule has 0 aromatic carbocycles. The van der Waals surface area contributed by atoms with Crippen LogP contribution in [-0.4, -0.2) is 14.8 Å². The summed E-state index contributed by atoms with van der Waals surface area (Å²) in [4.78, 5) is 4.78. The van der Waals surface area contributed by atoms with Crippen molar-refractivity contribution in [3.63, 3.8) is 0 Å². The molecular formula is C13H23N3. The molecular weight excluding hydrogens is 198 g/mol. The lowest BCUT2D eigenvalue weighted by atomic mass is 9.88. The lowest BCUT2D eigenvalue weighted by Gasteiger charge is -2.24. The van der Waals surface area contributed by atoms with Gasteiger partial charge >= 0.3 is 0 Å². The third kappa shape index (κ3) is 2.00. The molecule has 16 heavy (non-hydrogen) atoms. The van der Waals surface area contributed by atoms with Crippen LogP contribution in [0.3, 0.4) is 0 Å². The van der Waals surface area contributed by atoms with Crippen LogP contribution in [0, 0.1) is 5.92 Å². The third-order valence-electron chi connectivity index (χ3n) is 3.39. The van der Waals surface area contributed by atoms with Crippen LogP contribution in [0.25, 0.3) is 0 Å². The van der Waals surface area contributed by atoms with Gasteiger partial charge in [-0.05, 0) is 18.8 Å². The van der Waals surface area contributed by atoms with E-state index >= 15 is 0 Å². The highest BCUT2D eigenvalue weighted by molar-refractivity contribution is 5.09. The normalized spacial score (nSPS) is 21.2. The molecule has 1 aliphatic heterocycles. The average Bonchev–Trinajstić information content (AvgIpc) is 2.59. The zero-order valence-electron chi connectivity index (χ0n) is 11.1. The Kier molecular flexibility index (Phi) is 2.81. The monoisotopic (exact) mass is 221 g/mol. The van der Waals surface area contributed by atoms with Crippen molar-refractivity contribution in [2.75, 3.05) is 0 Å². The van der Waals surface area contributed by atoms with E-state index in [1.165, 1.54) is 18.7 Å². The first-order valence-corrected chi connectivity index (χ1v) is 6.35. The summed E-state index contributed by atoms with van der Waals surface area (Å²) in [7, 11) is 0. The predicted molar refractivity (Wildman–Crippen MR) is 65.5 cm³/mol. The summed E-state index contributed by atoms with van der Waals surface area (Å²) < 4.78 is 2.13. The van der Waals surface area contributed by atoms with Crippen molar-refractivity contribution in [1.29, 1.82) is 0 Å². The maximum Gasteiger partial charge on any atom is 0.156 e. The van der Waals surface area contributed by atoms with Gasteiger partial charge in [-0.2, -0.15) is 5.10 Å². The van der Waals surface area contributed by atoms with Gasteiger partial charge in [-0.25, -0.2) is 9.67 Å². The van der Waals surface area contributed by atoms with E-state index in [-0.39, 0.29) is 5.41 Å². The Hall–Kier alpha value is -0.860. The van der Waals surface area contributed by atoms with Crippen LogP contribution in [0.5, 0.6) is 0 Å². The lowest BCUT2D eigenvalue weighted by molar-refractivity contribution is 0.351. The summed E-state index contributed by atoms with van der Waals surface area (Å²) >= 11 is 0. The van der Waals surface area contributed by atoms with Gasteiger partial charge in [0.05, 0.1) is 0 Å². The summed E-state index contributed by atoms with van der Waals surface area (Å²) in [5.41, 5.74) is 0.0614. The summed E-state index contributed by atoms with van der Waals surface area (Å²) in [5.74, 6) is 3.47. The van der Waals surface area contributed by atoms with E-state index in [2.05, 4.69) is 44.4 Å².